The average Bonchev–Trinajstić information content (AvgIpc) is 2.81. The van der Waals surface area contributed by atoms with Crippen molar-refractivity contribution in [1.82, 2.24) is 9.78 Å². The second-order valence-electron chi connectivity index (χ2n) is 5.11. The highest BCUT2D eigenvalue weighted by molar-refractivity contribution is 5.87. The van der Waals surface area contributed by atoms with Crippen LogP contribution in [-0.4, -0.2) is 27.9 Å². The maximum Gasteiger partial charge on any atom is 0.328 e. The van der Waals surface area contributed by atoms with E-state index in [-0.39, 0.29) is 0 Å². The molecule has 0 saturated carbocycles. The number of anilines is 1. The Morgan fingerprint density at radius 3 is 2.86 bits per heavy atom. The summed E-state index contributed by atoms with van der Waals surface area (Å²) in [6.45, 7) is 2.70. The van der Waals surface area contributed by atoms with Gasteiger partial charge in [0.25, 0.3) is 0 Å². The Balaban J connectivity index is 2.27. The van der Waals surface area contributed by atoms with Crippen molar-refractivity contribution in [2.75, 3.05) is 11.9 Å². The molecular weight excluding hydrogens is 266 g/mol. The van der Waals surface area contributed by atoms with Crippen LogP contribution in [0.4, 0.5) is 5.69 Å². The summed E-state index contributed by atoms with van der Waals surface area (Å²) in [6.07, 6.45) is 6.59. The highest BCUT2D eigenvalue weighted by Gasteiger charge is 2.08. The zero-order chi connectivity index (χ0) is 15.4. The molecule has 2 aromatic rings. The Labute approximate surface area is 124 Å². The molecule has 0 spiro atoms. The fraction of sp³-hybridized carbons (Fsp3) is 0.250. The van der Waals surface area contributed by atoms with Gasteiger partial charge in [-0.25, -0.2) is 4.79 Å². The SMILES string of the molecule is Cc1ccc(N(C)Cc2cnn(C)c2)c(/C=C/C(=O)O)c1. The summed E-state index contributed by atoms with van der Waals surface area (Å²) in [5.41, 5.74) is 4.08. The Bertz CT molecular complexity index is 674. The normalized spacial score (nSPS) is 11.0. The molecule has 0 bridgehead atoms. The first-order chi connectivity index (χ1) is 9.95. The van der Waals surface area contributed by atoms with Crippen LogP contribution >= 0.6 is 0 Å². The molecule has 21 heavy (non-hydrogen) atoms. The third-order valence-corrected chi connectivity index (χ3v) is 3.18. The number of hydrogen-bond donors (Lipinski definition) is 1. The van der Waals surface area contributed by atoms with Crippen molar-refractivity contribution in [3.63, 3.8) is 0 Å². The summed E-state index contributed by atoms with van der Waals surface area (Å²) in [5, 5.41) is 13.0. The van der Waals surface area contributed by atoms with Gasteiger partial charge in [0.2, 0.25) is 0 Å². The first-order valence-corrected chi connectivity index (χ1v) is 6.66. The summed E-state index contributed by atoms with van der Waals surface area (Å²) in [7, 11) is 3.87. The molecular formula is C16H19N3O2. The number of rotatable bonds is 5. The highest BCUT2D eigenvalue weighted by atomic mass is 16.4. The third-order valence-electron chi connectivity index (χ3n) is 3.18. The standard InChI is InChI=1S/C16H19N3O2/c1-12-4-6-15(14(8-12)5-7-16(20)21)18(2)10-13-9-17-19(3)11-13/h4-9,11H,10H2,1-3H3,(H,20,21)/b7-5+. The zero-order valence-corrected chi connectivity index (χ0v) is 12.4. The van der Waals surface area contributed by atoms with Crippen LogP contribution in [0.2, 0.25) is 0 Å². The molecule has 1 heterocycles. The fourth-order valence-corrected chi connectivity index (χ4v) is 2.23. The van der Waals surface area contributed by atoms with Crippen LogP contribution < -0.4 is 4.90 Å². The number of nitrogens with zero attached hydrogens (tertiary/aromatic N) is 3. The van der Waals surface area contributed by atoms with Crippen molar-refractivity contribution in [3.05, 3.63) is 53.4 Å². The van der Waals surface area contributed by atoms with E-state index in [0.29, 0.717) is 6.54 Å². The molecule has 5 heteroatoms. The number of carbonyl (C=O) groups is 1. The van der Waals surface area contributed by atoms with E-state index in [2.05, 4.69) is 10.00 Å². The molecule has 0 aliphatic rings. The zero-order valence-electron chi connectivity index (χ0n) is 12.4. The Hall–Kier alpha value is -2.56. The van der Waals surface area contributed by atoms with E-state index in [0.717, 1.165) is 28.5 Å². The summed E-state index contributed by atoms with van der Waals surface area (Å²) in [6, 6.07) is 6.01. The maximum absolute atomic E-state index is 10.7. The smallest absolute Gasteiger partial charge is 0.328 e. The van der Waals surface area contributed by atoms with Crippen LogP contribution in [0.5, 0.6) is 0 Å². The van der Waals surface area contributed by atoms with E-state index < -0.39 is 5.97 Å². The Kier molecular flexibility index (Phi) is 4.42. The van der Waals surface area contributed by atoms with Crippen molar-refractivity contribution in [1.29, 1.82) is 0 Å². The molecule has 5 nitrogen and oxygen atoms in total. The van der Waals surface area contributed by atoms with Crippen LogP contribution in [0.1, 0.15) is 16.7 Å². The number of aliphatic carboxylic acids is 1. The van der Waals surface area contributed by atoms with E-state index in [4.69, 9.17) is 5.11 Å². The number of hydrogen-bond acceptors (Lipinski definition) is 3. The monoisotopic (exact) mass is 285 g/mol. The molecule has 0 atom stereocenters. The Morgan fingerprint density at radius 2 is 2.24 bits per heavy atom. The van der Waals surface area contributed by atoms with Crippen LogP contribution in [0.3, 0.4) is 0 Å². The van der Waals surface area contributed by atoms with Gasteiger partial charge in [-0.15, -0.1) is 0 Å². The number of aromatic nitrogens is 2. The number of benzene rings is 1. The van der Waals surface area contributed by atoms with E-state index in [1.807, 2.05) is 51.6 Å². The quantitative estimate of drug-likeness (QED) is 0.857. The lowest BCUT2D eigenvalue weighted by Crippen LogP contribution is -2.17. The molecule has 0 amide bonds. The minimum Gasteiger partial charge on any atom is -0.478 e. The Morgan fingerprint density at radius 1 is 1.48 bits per heavy atom. The van der Waals surface area contributed by atoms with E-state index in [1.165, 1.54) is 0 Å². The van der Waals surface area contributed by atoms with Gasteiger partial charge in [0.15, 0.2) is 0 Å². The lowest BCUT2D eigenvalue weighted by atomic mass is 10.1. The van der Waals surface area contributed by atoms with Gasteiger partial charge in [0.05, 0.1) is 6.20 Å². The van der Waals surface area contributed by atoms with Crippen molar-refractivity contribution < 1.29 is 9.90 Å². The van der Waals surface area contributed by atoms with Crippen LogP contribution in [0, 0.1) is 6.92 Å². The van der Waals surface area contributed by atoms with Crippen molar-refractivity contribution in [2.24, 2.45) is 7.05 Å². The highest BCUT2D eigenvalue weighted by Crippen LogP contribution is 2.23. The minimum absolute atomic E-state index is 0.713. The number of carboxylic acids is 1. The van der Waals surface area contributed by atoms with Gasteiger partial charge in [-0.3, -0.25) is 4.68 Å². The lowest BCUT2D eigenvalue weighted by Gasteiger charge is -2.21. The summed E-state index contributed by atoms with van der Waals surface area (Å²) < 4.78 is 1.77. The molecule has 2 rings (SSSR count). The predicted octanol–water partition coefficient (Wildman–Crippen LogP) is 2.46. The topological polar surface area (TPSA) is 58.4 Å². The summed E-state index contributed by atoms with van der Waals surface area (Å²) in [5.74, 6) is -0.947. The van der Waals surface area contributed by atoms with Crippen molar-refractivity contribution in [2.45, 2.75) is 13.5 Å². The van der Waals surface area contributed by atoms with Gasteiger partial charge in [0.1, 0.15) is 0 Å². The van der Waals surface area contributed by atoms with Gasteiger partial charge in [0, 0.05) is 44.2 Å². The van der Waals surface area contributed by atoms with E-state index >= 15 is 0 Å². The predicted molar refractivity (Wildman–Crippen MR) is 83.2 cm³/mol. The summed E-state index contributed by atoms with van der Waals surface area (Å²) >= 11 is 0. The molecule has 0 saturated heterocycles. The van der Waals surface area contributed by atoms with Gasteiger partial charge >= 0.3 is 5.97 Å². The molecule has 0 fully saturated rings. The molecule has 0 radical (unpaired) electrons. The number of aryl methyl sites for hydroxylation is 2. The molecule has 0 aliphatic carbocycles. The van der Waals surface area contributed by atoms with Crippen molar-refractivity contribution >= 4 is 17.7 Å². The third kappa shape index (κ3) is 3.95. The minimum atomic E-state index is -0.947. The molecule has 1 aromatic heterocycles. The fourth-order valence-electron chi connectivity index (χ4n) is 2.23. The average molecular weight is 285 g/mol. The first kappa shape index (κ1) is 14.8. The van der Waals surface area contributed by atoms with Crippen molar-refractivity contribution in [3.8, 4) is 0 Å². The molecule has 110 valence electrons. The van der Waals surface area contributed by atoms with E-state index in [1.54, 1.807) is 10.8 Å². The second-order valence-corrected chi connectivity index (χ2v) is 5.11. The van der Waals surface area contributed by atoms with Gasteiger partial charge < -0.3 is 10.0 Å². The molecule has 1 aromatic carbocycles. The van der Waals surface area contributed by atoms with E-state index in [9.17, 15) is 4.79 Å². The first-order valence-electron chi connectivity index (χ1n) is 6.66. The largest absolute Gasteiger partial charge is 0.478 e. The molecule has 0 unspecified atom stereocenters. The van der Waals surface area contributed by atoms with Gasteiger partial charge in [-0.1, -0.05) is 11.6 Å². The van der Waals surface area contributed by atoms with Gasteiger partial charge in [-0.05, 0) is 30.7 Å². The summed E-state index contributed by atoms with van der Waals surface area (Å²) in [4.78, 5) is 12.8. The van der Waals surface area contributed by atoms with Gasteiger partial charge in [-0.2, -0.15) is 5.10 Å². The van der Waals surface area contributed by atoms with Crippen LogP contribution in [0.15, 0.2) is 36.7 Å². The maximum atomic E-state index is 10.7. The van der Waals surface area contributed by atoms with Crippen LogP contribution in [0.25, 0.3) is 6.08 Å². The molecule has 0 aliphatic heterocycles. The van der Waals surface area contributed by atoms with Crippen LogP contribution in [-0.2, 0) is 18.4 Å². The lowest BCUT2D eigenvalue weighted by molar-refractivity contribution is -0.131. The number of carboxylic acid groups (broad SMARTS) is 1. The second kappa shape index (κ2) is 6.26. The molecule has 1 N–H and O–H groups in total.